The molecule has 1 atom stereocenters. The van der Waals surface area contributed by atoms with Crippen molar-refractivity contribution in [2.45, 2.75) is 38.6 Å². The molecule has 0 amide bonds. The first-order valence-corrected chi connectivity index (χ1v) is 6.35. The van der Waals surface area contributed by atoms with E-state index in [4.69, 9.17) is 0 Å². The molecule has 1 aromatic rings. The molecule has 1 aliphatic carbocycles. The van der Waals surface area contributed by atoms with Crippen molar-refractivity contribution in [2.24, 2.45) is 5.92 Å². The lowest BCUT2D eigenvalue weighted by atomic mass is 10.0. The Kier molecular flexibility index (Phi) is 4.11. The summed E-state index contributed by atoms with van der Waals surface area (Å²) in [5, 5.41) is 3.30. The molecule has 0 radical (unpaired) electrons. The minimum atomic E-state index is -0.767. The molecule has 17 heavy (non-hydrogen) atoms. The average molecular weight is 239 g/mol. The molecule has 0 bridgehead atoms. The van der Waals surface area contributed by atoms with E-state index in [1.165, 1.54) is 25.7 Å². The van der Waals surface area contributed by atoms with Gasteiger partial charge in [-0.05, 0) is 38.3 Å². The van der Waals surface area contributed by atoms with Crippen molar-refractivity contribution in [1.29, 1.82) is 0 Å². The van der Waals surface area contributed by atoms with Crippen molar-refractivity contribution in [3.05, 3.63) is 35.4 Å². The van der Waals surface area contributed by atoms with E-state index in [1.807, 2.05) is 6.92 Å². The molecule has 2 rings (SSSR count). The first-order valence-electron chi connectivity index (χ1n) is 6.35. The summed E-state index contributed by atoms with van der Waals surface area (Å²) in [5.74, 6) is -0.787. The fourth-order valence-corrected chi connectivity index (χ4v) is 2.52. The van der Waals surface area contributed by atoms with Gasteiger partial charge in [0.15, 0.2) is 11.6 Å². The molecule has 0 spiro atoms. The van der Waals surface area contributed by atoms with Crippen molar-refractivity contribution in [1.82, 2.24) is 5.32 Å². The zero-order chi connectivity index (χ0) is 12.3. The molecular weight excluding hydrogens is 220 g/mol. The van der Waals surface area contributed by atoms with E-state index in [0.29, 0.717) is 11.5 Å². The summed E-state index contributed by atoms with van der Waals surface area (Å²) >= 11 is 0. The Morgan fingerprint density at radius 1 is 1.29 bits per heavy atom. The first kappa shape index (κ1) is 12.5. The highest BCUT2D eigenvalue weighted by atomic mass is 19.2. The fourth-order valence-electron chi connectivity index (χ4n) is 2.52. The van der Waals surface area contributed by atoms with Crippen molar-refractivity contribution in [3.63, 3.8) is 0 Å². The van der Waals surface area contributed by atoms with E-state index in [0.717, 1.165) is 12.6 Å². The van der Waals surface area contributed by atoms with Gasteiger partial charge in [0.2, 0.25) is 0 Å². The minimum absolute atomic E-state index is 0.133. The van der Waals surface area contributed by atoms with Crippen LogP contribution >= 0.6 is 0 Å². The lowest BCUT2D eigenvalue weighted by molar-refractivity contribution is 0.432. The van der Waals surface area contributed by atoms with Crippen LogP contribution in [0.25, 0.3) is 0 Å². The SMILES string of the molecule is CC(NCC1CCCC1)c1cccc(F)c1F. The molecule has 1 saturated carbocycles. The summed E-state index contributed by atoms with van der Waals surface area (Å²) in [6.07, 6.45) is 5.11. The Balaban J connectivity index is 1.94. The summed E-state index contributed by atoms with van der Waals surface area (Å²) in [7, 11) is 0. The minimum Gasteiger partial charge on any atom is -0.310 e. The summed E-state index contributed by atoms with van der Waals surface area (Å²) in [5.41, 5.74) is 0.419. The molecule has 1 N–H and O–H groups in total. The van der Waals surface area contributed by atoms with Gasteiger partial charge in [0.05, 0.1) is 0 Å². The molecule has 1 aromatic carbocycles. The van der Waals surface area contributed by atoms with Crippen molar-refractivity contribution >= 4 is 0 Å². The van der Waals surface area contributed by atoms with Crippen molar-refractivity contribution in [3.8, 4) is 0 Å². The maximum absolute atomic E-state index is 13.5. The van der Waals surface area contributed by atoms with Crippen LogP contribution in [0.3, 0.4) is 0 Å². The van der Waals surface area contributed by atoms with E-state index < -0.39 is 11.6 Å². The number of rotatable bonds is 4. The second-order valence-corrected chi connectivity index (χ2v) is 4.92. The normalized spacial score (nSPS) is 18.5. The topological polar surface area (TPSA) is 12.0 Å². The molecule has 0 aliphatic heterocycles. The lowest BCUT2D eigenvalue weighted by Crippen LogP contribution is -2.25. The molecule has 1 fully saturated rings. The molecule has 0 aromatic heterocycles. The van der Waals surface area contributed by atoms with Crippen molar-refractivity contribution < 1.29 is 8.78 Å². The van der Waals surface area contributed by atoms with E-state index in [9.17, 15) is 8.78 Å². The number of nitrogens with one attached hydrogen (secondary N) is 1. The maximum Gasteiger partial charge on any atom is 0.163 e. The van der Waals surface area contributed by atoms with Gasteiger partial charge in [0, 0.05) is 11.6 Å². The van der Waals surface area contributed by atoms with Crippen molar-refractivity contribution in [2.75, 3.05) is 6.54 Å². The van der Waals surface area contributed by atoms with E-state index in [2.05, 4.69) is 5.32 Å². The third-order valence-corrected chi connectivity index (χ3v) is 3.64. The molecule has 1 aliphatic rings. The molecule has 1 nitrogen and oxygen atoms in total. The zero-order valence-electron chi connectivity index (χ0n) is 10.2. The average Bonchev–Trinajstić information content (AvgIpc) is 2.82. The van der Waals surface area contributed by atoms with E-state index in [-0.39, 0.29) is 6.04 Å². The largest absolute Gasteiger partial charge is 0.310 e. The first-order chi connectivity index (χ1) is 8.18. The molecule has 3 heteroatoms. The summed E-state index contributed by atoms with van der Waals surface area (Å²) < 4.78 is 26.6. The van der Waals surface area contributed by atoms with Crippen LogP contribution in [0.4, 0.5) is 8.78 Å². The van der Waals surface area contributed by atoms with Gasteiger partial charge in [0.25, 0.3) is 0 Å². The Morgan fingerprint density at radius 3 is 2.71 bits per heavy atom. The van der Waals surface area contributed by atoms with E-state index in [1.54, 1.807) is 12.1 Å². The summed E-state index contributed by atoms with van der Waals surface area (Å²) in [6.45, 7) is 2.78. The fraction of sp³-hybridized carbons (Fsp3) is 0.571. The smallest absolute Gasteiger partial charge is 0.163 e. The van der Waals surface area contributed by atoms with Gasteiger partial charge in [-0.2, -0.15) is 0 Å². The van der Waals surface area contributed by atoms with Crippen LogP contribution in [0.15, 0.2) is 18.2 Å². The van der Waals surface area contributed by atoms with Crippen LogP contribution in [0.1, 0.15) is 44.2 Å². The Labute approximate surface area is 101 Å². The summed E-state index contributed by atoms with van der Waals surface area (Å²) in [6, 6.07) is 4.22. The third kappa shape index (κ3) is 3.03. The van der Waals surface area contributed by atoms with Gasteiger partial charge >= 0.3 is 0 Å². The van der Waals surface area contributed by atoms with Crippen LogP contribution < -0.4 is 5.32 Å². The highest BCUT2D eigenvalue weighted by molar-refractivity contribution is 5.21. The van der Waals surface area contributed by atoms with Crippen LogP contribution in [0, 0.1) is 17.6 Å². The van der Waals surface area contributed by atoms with Gasteiger partial charge in [-0.3, -0.25) is 0 Å². The van der Waals surface area contributed by atoms with Crippen LogP contribution in [0.5, 0.6) is 0 Å². The number of hydrogen-bond acceptors (Lipinski definition) is 1. The van der Waals surface area contributed by atoms with Gasteiger partial charge in [0.1, 0.15) is 0 Å². The van der Waals surface area contributed by atoms with Gasteiger partial charge in [-0.1, -0.05) is 25.0 Å². The highest BCUT2D eigenvalue weighted by Gasteiger charge is 2.18. The standard InChI is InChI=1S/C14H19F2N/c1-10(17-9-11-5-2-3-6-11)12-7-4-8-13(15)14(12)16/h4,7-8,10-11,17H,2-3,5-6,9H2,1H3. The molecule has 94 valence electrons. The van der Waals surface area contributed by atoms with Gasteiger partial charge in [-0.15, -0.1) is 0 Å². The maximum atomic E-state index is 13.5. The number of benzene rings is 1. The van der Waals surface area contributed by atoms with E-state index >= 15 is 0 Å². The highest BCUT2D eigenvalue weighted by Crippen LogP contribution is 2.25. The lowest BCUT2D eigenvalue weighted by Gasteiger charge is -2.18. The Bertz CT molecular complexity index is 372. The van der Waals surface area contributed by atoms with Crippen LogP contribution in [0.2, 0.25) is 0 Å². The Hall–Kier alpha value is -0.960. The molecule has 0 heterocycles. The predicted octanol–water partition coefficient (Wildman–Crippen LogP) is 3.81. The second-order valence-electron chi connectivity index (χ2n) is 4.92. The molecule has 0 saturated heterocycles. The van der Waals surface area contributed by atoms with Gasteiger partial charge in [-0.25, -0.2) is 8.78 Å². The predicted molar refractivity (Wildman–Crippen MR) is 64.7 cm³/mol. The third-order valence-electron chi connectivity index (χ3n) is 3.64. The molecular formula is C14H19F2N. The second kappa shape index (κ2) is 5.58. The number of hydrogen-bond donors (Lipinski definition) is 1. The Morgan fingerprint density at radius 2 is 2.00 bits per heavy atom. The van der Waals surface area contributed by atoms with Crippen LogP contribution in [-0.2, 0) is 0 Å². The summed E-state index contributed by atoms with van der Waals surface area (Å²) in [4.78, 5) is 0. The molecule has 1 unspecified atom stereocenters. The van der Waals surface area contributed by atoms with Gasteiger partial charge < -0.3 is 5.32 Å². The quantitative estimate of drug-likeness (QED) is 0.842. The van der Waals surface area contributed by atoms with Crippen LogP contribution in [-0.4, -0.2) is 6.54 Å². The zero-order valence-corrected chi connectivity index (χ0v) is 10.2. The monoisotopic (exact) mass is 239 g/mol. The number of halogens is 2.